The summed E-state index contributed by atoms with van der Waals surface area (Å²) >= 11 is 0. The first-order valence-electron chi connectivity index (χ1n) is 8.81. The average molecular weight is 353 g/mol. The molecule has 1 aliphatic rings. The standard InChI is InChI=1S/C21H23NO4/c1-14(26-21(24)16-10-12-17(25-2)13-11-16)20(23)22-19-9-5-7-15-6-3-4-8-18(15)19/h3-4,6,8,10-14,19H,5,7,9H2,1-2H3,(H,22,23)/t14-,19-/m1/s1. The van der Waals surface area contributed by atoms with Gasteiger partial charge in [-0.2, -0.15) is 0 Å². The molecule has 1 aliphatic carbocycles. The van der Waals surface area contributed by atoms with Gasteiger partial charge in [0.05, 0.1) is 18.7 Å². The Labute approximate surface area is 153 Å². The van der Waals surface area contributed by atoms with Gasteiger partial charge in [0.15, 0.2) is 6.10 Å². The van der Waals surface area contributed by atoms with Gasteiger partial charge in [0.25, 0.3) is 5.91 Å². The van der Waals surface area contributed by atoms with Crippen molar-refractivity contribution in [2.75, 3.05) is 7.11 Å². The molecule has 0 fully saturated rings. The average Bonchev–Trinajstić information content (AvgIpc) is 2.68. The van der Waals surface area contributed by atoms with E-state index in [-0.39, 0.29) is 11.9 Å². The number of carbonyl (C=O) groups is 2. The van der Waals surface area contributed by atoms with E-state index in [1.165, 1.54) is 5.56 Å². The smallest absolute Gasteiger partial charge is 0.338 e. The predicted octanol–water partition coefficient (Wildman–Crippen LogP) is 3.43. The molecule has 3 rings (SSSR count). The fourth-order valence-electron chi connectivity index (χ4n) is 3.20. The molecule has 2 aromatic carbocycles. The van der Waals surface area contributed by atoms with Gasteiger partial charge in [-0.05, 0) is 61.6 Å². The molecule has 0 unspecified atom stereocenters. The Bertz CT molecular complexity index is 785. The van der Waals surface area contributed by atoms with Gasteiger partial charge in [0.1, 0.15) is 5.75 Å². The summed E-state index contributed by atoms with van der Waals surface area (Å²) in [5, 5.41) is 3.01. The van der Waals surface area contributed by atoms with Gasteiger partial charge in [-0.25, -0.2) is 4.79 Å². The van der Waals surface area contributed by atoms with E-state index >= 15 is 0 Å². The number of amides is 1. The van der Waals surface area contributed by atoms with Crippen LogP contribution in [0.1, 0.15) is 47.3 Å². The van der Waals surface area contributed by atoms with Crippen LogP contribution in [0, 0.1) is 0 Å². The number of aryl methyl sites for hydroxylation is 1. The Morgan fingerprint density at radius 1 is 1.12 bits per heavy atom. The first kappa shape index (κ1) is 18.0. The number of benzene rings is 2. The number of methoxy groups -OCH3 is 1. The Morgan fingerprint density at radius 3 is 2.58 bits per heavy atom. The molecule has 2 atom stereocenters. The second-order valence-corrected chi connectivity index (χ2v) is 6.43. The number of hydrogen-bond donors (Lipinski definition) is 1. The van der Waals surface area contributed by atoms with Crippen LogP contribution in [-0.2, 0) is 16.0 Å². The zero-order valence-electron chi connectivity index (χ0n) is 15.0. The van der Waals surface area contributed by atoms with E-state index in [4.69, 9.17) is 9.47 Å². The third-order valence-electron chi connectivity index (χ3n) is 4.66. The topological polar surface area (TPSA) is 64.6 Å². The molecule has 0 saturated carbocycles. The lowest BCUT2D eigenvalue weighted by Crippen LogP contribution is -2.39. The number of carbonyl (C=O) groups excluding carboxylic acids is 2. The fraction of sp³-hybridized carbons (Fsp3) is 0.333. The fourth-order valence-corrected chi connectivity index (χ4v) is 3.20. The first-order chi connectivity index (χ1) is 12.6. The lowest BCUT2D eigenvalue weighted by Gasteiger charge is -2.27. The van der Waals surface area contributed by atoms with Crippen molar-refractivity contribution >= 4 is 11.9 Å². The van der Waals surface area contributed by atoms with Crippen LogP contribution in [0.15, 0.2) is 48.5 Å². The molecule has 0 aliphatic heterocycles. The van der Waals surface area contributed by atoms with Gasteiger partial charge in [-0.3, -0.25) is 4.79 Å². The number of ether oxygens (including phenoxy) is 2. The molecule has 0 saturated heterocycles. The maximum Gasteiger partial charge on any atom is 0.338 e. The number of esters is 1. The highest BCUT2D eigenvalue weighted by molar-refractivity contribution is 5.92. The summed E-state index contributed by atoms with van der Waals surface area (Å²) in [6.07, 6.45) is 2.09. The molecule has 1 amide bonds. The largest absolute Gasteiger partial charge is 0.497 e. The van der Waals surface area contributed by atoms with Crippen LogP contribution in [0.4, 0.5) is 0 Å². The molecule has 5 heteroatoms. The van der Waals surface area contributed by atoms with Crippen molar-refractivity contribution in [3.05, 3.63) is 65.2 Å². The van der Waals surface area contributed by atoms with Gasteiger partial charge in [0.2, 0.25) is 0 Å². The minimum absolute atomic E-state index is 0.0328. The molecule has 26 heavy (non-hydrogen) atoms. The van der Waals surface area contributed by atoms with Crippen LogP contribution >= 0.6 is 0 Å². The van der Waals surface area contributed by atoms with Crippen molar-refractivity contribution in [2.24, 2.45) is 0 Å². The minimum atomic E-state index is -0.862. The molecule has 0 spiro atoms. The zero-order chi connectivity index (χ0) is 18.5. The zero-order valence-corrected chi connectivity index (χ0v) is 15.0. The summed E-state index contributed by atoms with van der Waals surface area (Å²) in [5.41, 5.74) is 2.81. The Hall–Kier alpha value is -2.82. The van der Waals surface area contributed by atoms with Crippen molar-refractivity contribution in [1.29, 1.82) is 0 Å². The van der Waals surface area contributed by atoms with Gasteiger partial charge in [-0.15, -0.1) is 0 Å². The maximum atomic E-state index is 12.5. The molecular weight excluding hydrogens is 330 g/mol. The summed E-state index contributed by atoms with van der Waals surface area (Å²) in [6, 6.07) is 14.7. The highest BCUT2D eigenvalue weighted by Gasteiger charge is 2.25. The van der Waals surface area contributed by atoms with Gasteiger partial charge in [-0.1, -0.05) is 24.3 Å². The minimum Gasteiger partial charge on any atom is -0.497 e. The van der Waals surface area contributed by atoms with Crippen LogP contribution < -0.4 is 10.1 Å². The predicted molar refractivity (Wildman–Crippen MR) is 98.1 cm³/mol. The Kier molecular flexibility index (Phi) is 5.56. The lowest BCUT2D eigenvalue weighted by atomic mass is 9.87. The van der Waals surface area contributed by atoms with E-state index in [9.17, 15) is 9.59 Å². The van der Waals surface area contributed by atoms with Gasteiger partial charge in [0, 0.05) is 0 Å². The molecule has 1 N–H and O–H groups in total. The third-order valence-corrected chi connectivity index (χ3v) is 4.66. The van der Waals surface area contributed by atoms with E-state index in [1.807, 2.05) is 18.2 Å². The van der Waals surface area contributed by atoms with Crippen LogP contribution in [0.5, 0.6) is 5.75 Å². The highest BCUT2D eigenvalue weighted by atomic mass is 16.5. The van der Waals surface area contributed by atoms with Crippen molar-refractivity contribution < 1.29 is 19.1 Å². The summed E-state index contributed by atoms with van der Waals surface area (Å²) in [6.45, 7) is 1.59. The highest BCUT2D eigenvalue weighted by Crippen LogP contribution is 2.29. The van der Waals surface area contributed by atoms with Gasteiger partial charge < -0.3 is 14.8 Å². The van der Waals surface area contributed by atoms with E-state index in [0.717, 1.165) is 24.8 Å². The number of hydrogen-bond acceptors (Lipinski definition) is 4. The van der Waals surface area contributed by atoms with Crippen LogP contribution in [-0.4, -0.2) is 25.1 Å². The molecule has 5 nitrogen and oxygen atoms in total. The van der Waals surface area contributed by atoms with Crippen LogP contribution in [0.3, 0.4) is 0 Å². The second-order valence-electron chi connectivity index (χ2n) is 6.43. The molecule has 0 bridgehead atoms. The Balaban J connectivity index is 1.60. The van der Waals surface area contributed by atoms with E-state index in [0.29, 0.717) is 11.3 Å². The monoisotopic (exact) mass is 353 g/mol. The third kappa shape index (κ3) is 4.04. The summed E-state index contributed by atoms with van der Waals surface area (Å²) < 4.78 is 10.4. The maximum absolute atomic E-state index is 12.5. The van der Waals surface area contributed by atoms with Crippen molar-refractivity contribution in [2.45, 2.75) is 38.3 Å². The molecule has 0 aromatic heterocycles. The SMILES string of the molecule is COc1ccc(C(=O)O[C@H](C)C(=O)N[C@@H]2CCCc3ccccc32)cc1. The normalized spacial score (nSPS) is 16.9. The van der Waals surface area contributed by atoms with Crippen LogP contribution in [0.25, 0.3) is 0 Å². The Morgan fingerprint density at radius 2 is 1.85 bits per heavy atom. The summed E-state index contributed by atoms with van der Waals surface area (Å²) in [4.78, 5) is 24.7. The van der Waals surface area contributed by atoms with Gasteiger partial charge >= 0.3 is 5.97 Å². The van der Waals surface area contributed by atoms with E-state index in [1.54, 1.807) is 38.3 Å². The number of rotatable bonds is 5. The van der Waals surface area contributed by atoms with Crippen LogP contribution in [0.2, 0.25) is 0 Å². The van der Waals surface area contributed by atoms with Crippen molar-refractivity contribution in [3.8, 4) is 5.75 Å². The van der Waals surface area contributed by atoms with Crippen molar-refractivity contribution in [1.82, 2.24) is 5.32 Å². The second kappa shape index (κ2) is 8.04. The number of fused-ring (bicyclic) bond motifs is 1. The summed E-state index contributed by atoms with van der Waals surface area (Å²) in [5.74, 6) is -0.156. The van der Waals surface area contributed by atoms with E-state index in [2.05, 4.69) is 11.4 Å². The summed E-state index contributed by atoms with van der Waals surface area (Å²) in [7, 11) is 1.56. The van der Waals surface area contributed by atoms with E-state index < -0.39 is 12.1 Å². The molecule has 2 aromatic rings. The molecule has 136 valence electrons. The molecular formula is C21H23NO4. The number of nitrogens with one attached hydrogen (secondary N) is 1. The molecule has 0 radical (unpaired) electrons. The van der Waals surface area contributed by atoms with Crippen molar-refractivity contribution in [3.63, 3.8) is 0 Å². The first-order valence-corrected chi connectivity index (χ1v) is 8.81. The molecule has 0 heterocycles. The lowest BCUT2D eigenvalue weighted by molar-refractivity contribution is -0.130. The quantitative estimate of drug-likeness (QED) is 0.837.